The van der Waals surface area contributed by atoms with Gasteiger partial charge in [-0.3, -0.25) is 0 Å². The van der Waals surface area contributed by atoms with Crippen molar-refractivity contribution >= 4 is 0 Å². The maximum absolute atomic E-state index is 10.3. The first-order valence-electron chi connectivity index (χ1n) is 5.53. The smallest absolute Gasteiger partial charge is 0.0659 e. The van der Waals surface area contributed by atoms with Crippen molar-refractivity contribution in [2.24, 2.45) is 17.3 Å². The lowest BCUT2D eigenvalue weighted by Crippen LogP contribution is -2.49. The summed E-state index contributed by atoms with van der Waals surface area (Å²) in [5, 5.41) is 13.6. The van der Waals surface area contributed by atoms with E-state index >= 15 is 0 Å². The van der Waals surface area contributed by atoms with Crippen LogP contribution in [0.15, 0.2) is 0 Å². The summed E-state index contributed by atoms with van der Waals surface area (Å²) in [6.45, 7) is 1.11. The molecule has 4 saturated carbocycles. The Morgan fingerprint density at radius 1 is 1.31 bits per heavy atom. The molecule has 4 aliphatic carbocycles. The minimum Gasteiger partial charge on any atom is -0.390 e. The van der Waals surface area contributed by atoms with Crippen LogP contribution >= 0.6 is 0 Å². The molecule has 4 fully saturated rings. The third kappa shape index (κ3) is 0.962. The molecule has 0 aromatic carbocycles. The van der Waals surface area contributed by atoms with Crippen LogP contribution in [0.2, 0.25) is 0 Å². The molecule has 0 aliphatic heterocycles. The molecular formula is C11H19NO. The van der Waals surface area contributed by atoms with Crippen molar-refractivity contribution in [2.45, 2.75) is 37.7 Å². The summed E-state index contributed by atoms with van der Waals surface area (Å²) in [5.41, 5.74) is 0.295. The van der Waals surface area contributed by atoms with Crippen molar-refractivity contribution in [3.05, 3.63) is 0 Å². The van der Waals surface area contributed by atoms with Gasteiger partial charge in [-0.05, 0) is 62.9 Å². The fourth-order valence-electron chi connectivity index (χ4n) is 4.49. The lowest BCUT2D eigenvalue weighted by Gasteiger charge is -2.54. The predicted octanol–water partition coefficient (Wildman–Crippen LogP) is 1.15. The molecule has 2 unspecified atom stereocenters. The molecule has 0 radical (unpaired) electrons. The largest absolute Gasteiger partial charge is 0.390 e. The molecule has 3 bridgehead atoms. The zero-order valence-corrected chi connectivity index (χ0v) is 8.34. The first kappa shape index (κ1) is 8.25. The Balaban J connectivity index is 1.86. The highest BCUT2D eigenvalue weighted by atomic mass is 16.3. The summed E-state index contributed by atoms with van der Waals surface area (Å²) in [5.74, 6) is 1.61. The normalized spacial score (nSPS) is 57.7. The fourth-order valence-corrected chi connectivity index (χ4v) is 4.49. The first-order chi connectivity index (χ1) is 6.16. The van der Waals surface area contributed by atoms with Crippen LogP contribution in [-0.2, 0) is 0 Å². The van der Waals surface area contributed by atoms with E-state index in [2.05, 4.69) is 5.32 Å². The molecule has 0 amide bonds. The molecule has 1 spiro atoms. The van der Waals surface area contributed by atoms with Crippen LogP contribution in [0.1, 0.15) is 32.1 Å². The van der Waals surface area contributed by atoms with E-state index < -0.39 is 0 Å². The van der Waals surface area contributed by atoms with Crippen LogP contribution in [0.3, 0.4) is 0 Å². The topological polar surface area (TPSA) is 32.3 Å². The van der Waals surface area contributed by atoms with Crippen molar-refractivity contribution in [3.63, 3.8) is 0 Å². The van der Waals surface area contributed by atoms with Gasteiger partial charge in [0.2, 0.25) is 0 Å². The lowest BCUT2D eigenvalue weighted by atomic mass is 9.52. The van der Waals surface area contributed by atoms with Gasteiger partial charge in [-0.2, -0.15) is 0 Å². The van der Waals surface area contributed by atoms with Crippen LogP contribution < -0.4 is 5.32 Å². The number of rotatable bonds is 2. The second-order valence-electron chi connectivity index (χ2n) is 5.70. The Hall–Kier alpha value is -0.0800. The Kier molecular flexibility index (Phi) is 1.45. The van der Waals surface area contributed by atoms with Gasteiger partial charge < -0.3 is 10.4 Å². The zero-order valence-electron chi connectivity index (χ0n) is 8.34. The minimum absolute atomic E-state index is 0.261. The van der Waals surface area contributed by atoms with Crippen LogP contribution in [0, 0.1) is 17.3 Å². The van der Waals surface area contributed by atoms with E-state index in [1.807, 2.05) is 7.05 Å². The second kappa shape index (κ2) is 2.29. The van der Waals surface area contributed by atoms with Crippen molar-refractivity contribution in [1.82, 2.24) is 5.32 Å². The Labute approximate surface area is 79.7 Å². The quantitative estimate of drug-likeness (QED) is 0.669. The molecule has 2 atom stereocenters. The van der Waals surface area contributed by atoms with E-state index in [9.17, 15) is 5.11 Å². The molecule has 0 aromatic heterocycles. The molecule has 0 aromatic rings. The molecule has 4 aliphatic rings. The summed E-state index contributed by atoms with van der Waals surface area (Å²) < 4.78 is 0. The highest BCUT2D eigenvalue weighted by molar-refractivity contribution is 5.15. The first-order valence-corrected chi connectivity index (χ1v) is 5.53. The van der Waals surface area contributed by atoms with Gasteiger partial charge in [0.1, 0.15) is 0 Å². The maximum Gasteiger partial charge on any atom is 0.0659 e. The summed E-state index contributed by atoms with van der Waals surface area (Å²) in [4.78, 5) is 0. The predicted molar refractivity (Wildman–Crippen MR) is 51.4 cm³/mol. The molecule has 2 heteroatoms. The molecule has 13 heavy (non-hydrogen) atoms. The maximum atomic E-state index is 10.3. The highest BCUT2D eigenvalue weighted by Gasteiger charge is 2.64. The Morgan fingerprint density at radius 2 is 2.08 bits per heavy atom. The number of hydrogen-bond donors (Lipinski definition) is 2. The van der Waals surface area contributed by atoms with Gasteiger partial charge in [-0.15, -0.1) is 0 Å². The number of hydrogen-bond acceptors (Lipinski definition) is 2. The molecule has 4 rings (SSSR count). The van der Waals surface area contributed by atoms with E-state index in [1.54, 1.807) is 0 Å². The van der Waals surface area contributed by atoms with Crippen LogP contribution in [0.5, 0.6) is 0 Å². The van der Waals surface area contributed by atoms with Gasteiger partial charge in [0.15, 0.2) is 0 Å². The van der Waals surface area contributed by atoms with Gasteiger partial charge in [0.25, 0.3) is 0 Å². The summed E-state index contributed by atoms with van der Waals surface area (Å²) in [7, 11) is 2.03. The molecule has 0 heterocycles. The second-order valence-corrected chi connectivity index (χ2v) is 5.70. The van der Waals surface area contributed by atoms with Gasteiger partial charge in [-0.25, -0.2) is 0 Å². The van der Waals surface area contributed by atoms with Gasteiger partial charge in [-0.1, -0.05) is 0 Å². The van der Waals surface area contributed by atoms with Gasteiger partial charge in [0.05, 0.1) is 5.60 Å². The summed E-state index contributed by atoms with van der Waals surface area (Å²) in [6, 6.07) is 0. The van der Waals surface area contributed by atoms with Crippen LogP contribution in [0.25, 0.3) is 0 Å². The van der Waals surface area contributed by atoms with Gasteiger partial charge >= 0.3 is 0 Å². The van der Waals surface area contributed by atoms with Crippen LogP contribution in [-0.4, -0.2) is 24.3 Å². The number of aliphatic hydroxyl groups is 1. The van der Waals surface area contributed by atoms with E-state index in [-0.39, 0.29) is 5.60 Å². The summed E-state index contributed by atoms with van der Waals surface area (Å²) in [6.07, 6.45) is 6.06. The standard InChI is InChI=1S/C11H19NO/c1-12-6-9-5-11(13)4-8-2-10(9,3-8)7-11/h8-9,12-13H,2-7H2,1H3. The average Bonchev–Trinajstić information content (AvgIpc) is 2.14. The van der Waals surface area contributed by atoms with Crippen molar-refractivity contribution < 1.29 is 5.11 Å². The SMILES string of the molecule is CNCC1CC2(O)CC3CC1(C3)C2. The van der Waals surface area contributed by atoms with Crippen LogP contribution in [0.4, 0.5) is 0 Å². The third-order valence-electron chi connectivity index (χ3n) is 4.68. The Bertz CT molecular complexity index is 234. The monoisotopic (exact) mass is 181 g/mol. The molecule has 2 N–H and O–H groups in total. The minimum atomic E-state index is -0.261. The molecular weight excluding hydrogens is 162 g/mol. The van der Waals surface area contributed by atoms with E-state index in [0.29, 0.717) is 5.41 Å². The van der Waals surface area contributed by atoms with Gasteiger partial charge in [0, 0.05) is 0 Å². The van der Waals surface area contributed by atoms with E-state index in [4.69, 9.17) is 0 Å². The van der Waals surface area contributed by atoms with E-state index in [1.165, 1.54) is 12.8 Å². The molecule has 2 nitrogen and oxygen atoms in total. The zero-order chi connectivity index (χ0) is 9.10. The highest BCUT2D eigenvalue weighted by Crippen LogP contribution is 2.69. The average molecular weight is 181 g/mol. The lowest BCUT2D eigenvalue weighted by molar-refractivity contribution is -0.0943. The third-order valence-corrected chi connectivity index (χ3v) is 4.68. The van der Waals surface area contributed by atoms with E-state index in [0.717, 1.165) is 37.6 Å². The van der Waals surface area contributed by atoms with Crippen molar-refractivity contribution in [1.29, 1.82) is 0 Å². The number of nitrogens with one attached hydrogen (secondary N) is 1. The molecule has 74 valence electrons. The Morgan fingerprint density at radius 3 is 2.69 bits per heavy atom. The summed E-state index contributed by atoms with van der Waals surface area (Å²) >= 11 is 0. The fraction of sp³-hybridized carbons (Fsp3) is 1.00. The van der Waals surface area contributed by atoms with Crippen molar-refractivity contribution in [3.8, 4) is 0 Å². The van der Waals surface area contributed by atoms with Crippen molar-refractivity contribution in [2.75, 3.05) is 13.6 Å². The molecule has 0 saturated heterocycles.